The summed E-state index contributed by atoms with van der Waals surface area (Å²) in [5.74, 6) is -0.646. The number of hydrogen-bond donors (Lipinski definition) is 6. The molecule has 2 heterocycles. The van der Waals surface area contributed by atoms with E-state index in [2.05, 4.69) is 46.0 Å². The average Bonchev–Trinajstić information content (AvgIpc) is 3.20. The van der Waals surface area contributed by atoms with Crippen LogP contribution in [0.4, 0.5) is 46.0 Å². The zero-order chi connectivity index (χ0) is 45.4. The van der Waals surface area contributed by atoms with Gasteiger partial charge in [-0.05, 0) is 76.4 Å². The third-order valence-corrected chi connectivity index (χ3v) is 11.6. The molecule has 0 spiro atoms. The van der Waals surface area contributed by atoms with Crippen molar-refractivity contribution in [2.75, 3.05) is 23.5 Å². The van der Waals surface area contributed by atoms with Gasteiger partial charge in [0.2, 0.25) is 5.91 Å². The number of carbonyl (C=O) groups is 1. The standard InChI is InChI=1S/C38H31N11O11S3/c1-20-7-6-14-49(19-20)38-43-36(39)42-37(44-38)41-26-13-12-25(23-9-5-11-33(35(23)26)62(54,55)56)45-47-29-17-27(40-21(2)50)28(18-31(29)60-3)46-48-30-16-24-22(15-34(30)63(57,58)59)8-4-10-32(24)61(51,52)53/h4-19H,1-3H3,(H6-,39,40,41,42,43,44,47,48,50,51,52,53,54,55,56,57,58,59)/p+1. The molecular formula is C38H32N11O11S3+. The number of pyridine rings is 1. The number of ether oxygens (including phenoxy) is 1. The number of hydrogen-bond acceptors (Lipinski definition) is 17. The van der Waals surface area contributed by atoms with Crippen molar-refractivity contribution >= 4 is 104 Å². The number of nitrogen functional groups attached to an aromatic ring is 1. The molecule has 0 saturated carbocycles. The third-order valence-electron chi connectivity index (χ3n) is 8.94. The third kappa shape index (κ3) is 9.57. The molecule has 0 fully saturated rings. The first kappa shape index (κ1) is 43.7. The topological polar surface area (TPSA) is 331 Å². The number of rotatable bonds is 12. The molecule has 0 aliphatic rings. The van der Waals surface area contributed by atoms with Crippen LogP contribution in [0.1, 0.15) is 12.5 Å². The van der Waals surface area contributed by atoms with Crippen LogP contribution in [0.3, 0.4) is 0 Å². The smallest absolute Gasteiger partial charge is 0.444 e. The molecule has 0 aliphatic carbocycles. The van der Waals surface area contributed by atoms with Gasteiger partial charge < -0.3 is 21.1 Å². The lowest BCUT2D eigenvalue weighted by molar-refractivity contribution is -0.603. The predicted molar refractivity (Wildman–Crippen MR) is 227 cm³/mol. The molecule has 7 aromatic rings. The fourth-order valence-corrected chi connectivity index (χ4v) is 8.39. The van der Waals surface area contributed by atoms with Crippen molar-refractivity contribution in [3.05, 3.63) is 103 Å². The second-order valence-electron chi connectivity index (χ2n) is 13.4. The molecule has 22 nitrogen and oxygen atoms in total. The lowest BCUT2D eigenvalue weighted by atomic mass is 10.1. The van der Waals surface area contributed by atoms with Gasteiger partial charge in [-0.25, -0.2) is 4.57 Å². The van der Waals surface area contributed by atoms with Crippen molar-refractivity contribution in [1.82, 2.24) is 15.0 Å². The molecule has 1 amide bonds. The molecule has 2 aromatic heterocycles. The van der Waals surface area contributed by atoms with E-state index in [0.29, 0.717) is 0 Å². The number of nitrogens with one attached hydrogen (secondary N) is 2. The van der Waals surface area contributed by atoms with Gasteiger partial charge in [-0.2, -0.15) is 25.3 Å². The fourth-order valence-electron chi connectivity index (χ4n) is 6.32. The van der Waals surface area contributed by atoms with E-state index in [9.17, 15) is 43.7 Å². The second-order valence-corrected chi connectivity index (χ2v) is 17.6. The Morgan fingerprint density at radius 2 is 1.37 bits per heavy atom. The van der Waals surface area contributed by atoms with Crippen LogP contribution in [0, 0.1) is 6.92 Å². The quantitative estimate of drug-likeness (QED) is 0.0425. The normalized spacial score (nSPS) is 12.3. The molecule has 0 saturated heterocycles. The SMILES string of the molecule is COc1cc(N=Nc2cc3c(S(=O)(=O)O)cccc3cc2S(=O)(=O)O)c(NC(C)=O)cc1N=Nc1ccc(Nc2nc(N)nc(-[n+]3cccc(C)c3)n2)c2c(S(=O)(=O)O)cccc12. The molecular weight excluding hydrogens is 883 g/mol. The summed E-state index contributed by atoms with van der Waals surface area (Å²) in [6.07, 6.45) is 3.46. The number of fused-ring (bicyclic) bond motifs is 2. The maximum absolute atomic E-state index is 12.7. The monoisotopic (exact) mass is 914 g/mol. The predicted octanol–water partition coefficient (Wildman–Crippen LogP) is 6.63. The van der Waals surface area contributed by atoms with E-state index in [-0.39, 0.29) is 73.6 Å². The van der Waals surface area contributed by atoms with Gasteiger partial charge in [0.05, 0.1) is 36.6 Å². The summed E-state index contributed by atoms with van der Waals surface area (Å²) in [6, 6.07) is 18.8. The number of carbonyl (C=O) groups excluding carboxylic acids is 1. The van der Waals surface area contributed by atoms with Crippen LogP contribution in [0.25, 0.3) is 27.5 Å². The Bertz CT molecular complexity index is 3440. The Morgan fingerprint density at radius 3 is 2.05 bits per heavy atom. The molecule has 0 radical (unpaired) electrons. The van der Waals surface area contributed by atoms with E-state index in [4.69, 9.17) is 10.5 Å². The summed E-state index contributed by atoms with van der Waals surface area (Å²) in [7, 11) is -13.3. The van der Waals surface area contributed by atoms with Gasteiger partial charge in [0.25, 0.3) is 30.4 Å². The Morgan fingerprint density at radius 1 is 0.698 bits per heavy atom. The zero-order valence-electron chi connectivity index (χ0n) is 32.7. The van der Waals surface area contributed by atoms with Crippen LogP contribution in [0.5, 0.6) is 5.75 Å². The van der Waals surface area contributed by atoms with Gasteiger partial charge >= 0.3 is 17.8 Å². The van der Waals surface area contributed by atoms with E-state index >= 15 is 0 Å². The van der Waals surface area contributed by atoms with E-state index in [1.54, 1.807) is 23.0 Å². The molecule has 0 unspecified atom stereocenters. The number of aryl methyl sites for hydroxylation is 1. The summed E-state index contributed by atoms with van der Waals surface area (Å²) >= 11 is 0. The highest BCUT2D eigenvalue weighted by molar-refractivity contribution is 7.86. The second kappa shape index (κ2) is 16.8. The summed E-state index contributed by atoms with van der Waals surface area (Å²) in [6.45, 7) is 3.06. The van der Waals surface area contributed by atoms with E-state index < -0.39 is 56.6 Å². The van der Waals surface area contributed by atoms with Gasteiger partial charge in [0.1, 0.15) is 37.5 Å². The number of nitrogens with zero attached hydrogens (tertiary/aromatic N) is 8. The number of methoxy groups -OCH3 is 1. The Balaban J connectivity index is 1.31. The van der Waals surface area contributed by atoms with Crippen LogP contribution in [0.2, 0.25) is 0 Å². The largest absolute Gasteiger partial charge is 0.494 e. The van der Waals surface area contributed by atoms with Gasteiger partial charge in [-0.3, -0.25) is 18.5 Å². The van der Waals surface area contributed by atoms with Gasteiger partial charge in [0.15, 0.2) is 0 Å². The highest BCUT2D eigenvalue weighted by Gasteiger charge is 2.24. The summed E-state index contributed by atoms with van der Waals surface area (Å²) in [4.78, 5) is 23.3. The van der Waals surface area contributed by atoms with Crippen molar-refractivity contribution in [3.8, 4) is 11.7 Å². The lowest BCUT2D eigenvalue weighted by Gasteiger charge is -2.13. The van der Waals surface area contributed by atoms with E-state index in [1.807, 2.05) is 13.0 Å². The Kier molecular flexibility index (Phi) is 11.6. The van der Waals surface area contributed by atoms with Crippen molar-refractivity contribution < 1.29 is 53.0 Å². The summed E-state index contributed by atoms with van der Waals surface area (Å²) in [5.41, 5.74) is 6.41. The highest BCUT2D eigenvalue weighted by atomic mass is 32.2. The molecule has 5 aromatic carbocycles. The number of aromatic nitrogens is 4. The highest BCUT2D eigenvalue weighted by Crippen LogP contribution is 2.43. The number of nitrogens with two attached hydrogens (primary N) is 1. The van der Waals surface area contributed by atoms with Crippen LogP contribution < -0.4 is 25.7 Å². The Labute approximate surface area is 357 Å². The minimum atomic E-state index is -4.97. The van der Waals surface area contributed by atoms with E-state index in [1.165, 1.54) is 68.6 Å². The molecule has 0 bridgehead atoms. The molecule has 7 N–H and O–H groups in total. The summed E-state index contributed by atoms with van der Waals surface area (Å²) in [5, 5.41) is 22.3. The minimum Gasteiger partial charge on any atom is -0.494 e. The van der Waals surface area contributed by atoms with Crippen LogP contribution in [-0.4, -0.2) is 66.9 Å². The molecule has 25 heteroatoms. The Hall–Kier alpha value is -7.42. The van der Waals surface area contributed by atoms with Crippen LogP contribution in [0.15, 0.2) is 132 Å². The van der Waals surface area contributed by atoms with Crippen LogP contribution in [-0.2, 0) is 35.1 Å². The number of azo groups is 2. The maximum Gasteiger partial charge on any atom is 0.444 e. The van der Waals surface area contributed by atoms with Crippen molar-refractivity contribution in [3.63, 3.8) is 0 Å². The van der Waals surface area contributed by atoms with Crippen LogP contribution >= 0.6 is 0 Å². The lowest BCUT2D eigenvalue weighted by Crippen LogP contribution is -2.33. The van der Waals surface area contributed by atoms with Crippen molar-refractivity contribution in [2.45, 2.75) is 28.5 Å². The van der Waals surface area contributed by atoms with Crippen molar-refractivity contribution in [1.29, 1.82) is 0 Å². The fraction of sp³-hybridized carbons (Fsp3) is 0.0789. The maximum atomic E-state index is 12.7. The summed E-state index contributed by atoms with van der Waals surface area (Å²) < 4.78 is 112. The average molecular weight is 915 g/mol. The molecule has 7 rings (SSSR count). The first-order valence-corrected chi connectivity index (χ1v) is 22.2. The zero-order valence-corrected chi connectivity index (χ0v) is 35.2. The van der Waals surface area contributed by atoms with Gasteiger partial charge in [-0.15, -0.1) is 25.4 Å². The van der Waals surface area contributed by atoms with E-state index in [0.717, 1.165) is 23.8 Å². The minimum absolute atomic E-state index is 0.00884. The number of anilines is 4. The molecule has 63 heavy (non-hydrogen) atoms. The van der Waals surface area contributed by atoms with Gasteiger partial charge in [-0.1, -0.05) is 30.3 Å². The first-order chi connectivity index (χ1) is 29.7. The first-order valence-electron chi connectivity index (χ1n) is 17.8. The number of amides is 1. The molecule has 322 valence electrons. The van der Waals surface area contributed by atoms with Gasteiger partial charge in [0, 0.05) is 29.1 Å². The molecule has 0 aliphatic heterocycles. The number of benzene rings is 5. The molecule has 0 atom stereocenters. The van der Waals surface area contributed by atoms with Crippen molar-refractivity contribution in [2.24, 2.45) is 20.5 Å².